The molecule has 0 fully saturated rings. The van der Waals surface area contributed by atoms with E-state index < -0.39 is 0 Å². The summed E-state index contributed by atoms with van der Waals surface area (Å²) in [5.41, 5.74) is 3.00. The van der Waals surface area contributed by atoms with Gasteiger partial charge in [-0.15, -0.1) is 14.5 Å². The Kier molecular flexibility index (Phi) is 20.7. The molecule has 1 rings (SSSR count). The zero-order valence-corrected chi connectivity index (χ0v) is 19.9. The molecule has 0 heterocycles. The Labute approximate surface area is 180 Å². The molecule has 0 aromatic heterocycles. The number of hydrogen-bond donors (Lipinski definition) is 0. The van der Waals surface area contributed by atoms with Crippen molar-refractivity contribution >= 4 is 0 Å². The summed E-state index contributed by atoms with van der Waals surface area (Å²) in [5.74, 6) is 0. The Balaban J connectivity index is 0. The Morgan fingerprint density at radius 2 is 1.14 bits per heavy atom. The van der Waals surface area contributed by atoms with Crippen LogP contribution < -0.4 is 12.4 Å². The number of benzene rings is 1. The molecule has 0 unspecified atom stereocenters. The van der Waals surface area contributed by atoms with Gasteiger partial charge in [0.05, 0.1) is 4.97 Å². The predicted octanol–water partition coefficient (Wildman–Crippen LogP) is 3.58. The molecule has 0 radical (unpaired) electrons. The molecule has 0 spiro atoms. The molecule has 4 nitrogen and oxygen atoms in total. The fourth-order valence-corrected chi connectivity index (χ4v) is 2.92. The van der Waals surface area contributed by atoms with Gasteiger partial charge in [-0.1, -0.05) is 89.0 Å². The molecule has 166 valence electrons. The number of halogens is 1. The largest absolute Gasteiger partial charge is 1.00 e. The number of nitrogens with zero attached hydrogens (tertiary/aromatic N) is 1. The molecule has 0 amide bonds. The van der Waals surface area contributed by atoms with Gasteiger partial charge >= 0.3 is 0 Å². The normalized spacial score (nSPS) is 10.8. The van der Waals surface area contributed by atoms with Crippen LogP contribution in [0.1, 0.15) is 82.3 Å². The number of hydrogen-bond acceptors (Lipinski definition) is 3. The van der Waals surface area contributed by atoms with E-state index in [1.165, 1.54) is 97.5 Å². The van der Waals surface area contributed by atoms with Crippen LogP contribution in [-0.2, 0) is 20.9 Å². The lowest BCUT2D eigenvalue weighted by molar-refractivity contribution is -1.35. The van der Waals surface area contributed by atoms with Gasteiger partial charge < -0.3 is 12.4 Å². The quantitative estimate of drug-likeness (QED) is 0.263. The second kappa shape index (κ2) is 19.7. The Bertz CT molecular complexity index is 445. The van der Waals surface area contributed by atoms with Crippen molar-refractivity contribution in [1.29, 1.82) is 0 Å². The smallest absolute Gasteiger partial charge is 0.168 e. The minimum Gasteiger partial charge on any atom is -1.00 e. The number of rotatable bonds is 14. The first kappa shape index (κ1) is 29.6. The van der Waals surface area contributed by atoms with E-state index in [2.05, 4.69) is 38.1 Å². The minimum atomic E-state index is -0.292. The number of unbranched alkanes of at least 4 members (excludes halogenated alkanes) is 9. The van der Waals surface area contributed by atoms with Gasteiger partial charge in [0.15, 0.2) is 7.05 Å². The van der Waals surface area contributed by atoms with Crippen LogP contribution in [-0.4, -0.2) is 33.4 Å². The average molecular weight is 418 g/mol. The fourth-order valence-electron chi connectivity index (χ4n) is 2.92. The lowest BCUT2D eigenvalue weighted by atomic mass is 10.0. The minimum absolute atomic E-state index is 0. The Hall–Kier alpha value is -0.650. The lowest BCUT2D eigenvalue weighted by Gasteiger charge is -2.19. The maximum Gasteiger partial charge on any atom is 0.168 e. The van der Waals surface area contributed by atoms with E-state index in [0.717, 1.165) is 0 Å². The molecule has 1 aromatic carbocycles. The predicted molar refractivity (Wildman–Crippen MR) is 114 cm³/mol. The van der Waals surface area contributed by atoms with Crippen molar-refractivity contribution in [2.75, 3.05) is 28.4 Å². The van der Waals surface area contributed by atoms with E-state index in [1.807, 2.05) is 0 Å². The highest BCUT2D eigenvalue weighted by Gasteiger charge is 2.20. The van der Waals surface area contributed by atoms with Gasteiger partial charge in [-0.25, -0.2) is 0 Å². The summed E-state index contributed by atoms with van der Waals surface area (Å²) in [6, 6.07) is 8.81. The van der Waals surface area contributed by atoms with Crippen molar-refractivity contribution in [3.05, 3.63) is 35.4 Å². The second-order valence-corrected chi connectivity index (χ2v) is 7.18. The summed E-state index contributed by atoms with van der Waals surface area (Å²) in [5, 5.41) is 0. The highest BCUT2D eigenvalue weighted by atomic mass is 35.5. The van der Waals surface area contributed by atoms with Crippen molar-refractivity contribution < 1.29 is 31.9 Å². The standard InChI is InChI=1S/C19H32.C4H12NO3.ClH/c1-3-4-5-6-7-8-9-10-11-12-16-19-17-14-13-15-18(19)2;1-5(6-2,7-3)8-4;/h13-15,17H,3-12,16H2,1-2H3;1-4H3;1H/q;+1;/p-1. The third kappa shape index (κ3) is 15.3. The van der Waals surface area contributed by atoms with E-state index in [9.17, 15) is 0 Å². The van der Waals surface area contributed by atoms with E-state index in [1.54, 1.807) is 12.6 Å². The molecule has 0 saturated carbocycles. The summed E-state index contributed by atoms with van der Waals surface area (Å²) in [6.07, 6.45) is 15.5. The first-order valence-electron chi connectivity index (χ1n) is 10.6. The third-order valence-corrected chi connectivity index (χ3v) is 5.06. The van der Waals surface area contributed by atoms with Crippen LogP contribution >= 0.6 is 0 Å². The van der Waals surface area contributed by atoms with E-state index in [4.69, 9.17) is 14.5 Å². The van der Waals surface area contributed by atoms with E-state index >= 15 is 0 Å². The molecule has 0 N–H and O–H groups in total. The molecule has 0 aliphatic heterocycles. The molecular formula is C23H44ClNO3. The molecule has 0 bridgehead atoms. The zero-order valence-electron chi connectivity index (χ0n) is 19.1. The van der Waals surface area contributed by atoms with Crippen LogP contribution in [0.25, 0.3) is 0 Å². The van der Waals surface area contributed by atoms with Gasteiger partial charge in [-0.3, -0.25) is 0 Å². The maximum absolute atomic E-state index is 4.73. The van der Waals surface area contributed by atoms with E-state index in [-0.39, 0.29) is 17.4 Å². The summed E-state index contributed by atoms with van der Waals surface area (Å²) in [6.45, 7) is 4.51. The summed E-state index contributed by atoms with van der Waals surface area (Å²) in [4.78, 5) is 13.9. The summed E-state index contributed by atoms with van der Waals surface area (Å²) >= 11 is 0. The monoisotopic (exact) mass is 417 g/mol. The fraction of sp³-hybridized carbons (Fsp3) is 0.739. The molecule has 28 heavy (non-hydrogen) atoms. The molecule has 0 atom stereocenters. The van der Waals surface area contributed by atoms with Gasteiger partial charge in [0.25, 0.3) is 0 Å². The number of hydroxylamine groups is 3. The Morgan fingerprint density at radius 3 is 1.54 bits per heavy atom. The van der Waals surface area contributed by atoms with Crippen LogP contribution in [0.3, 0.4) is 0 Å². The zero-order chi connectivity index (χ0) is 20.4. The lowest BCUT2D eigenvalue weighted by Crippen LogP contribution is -3.00. The van der Waals surface area contributed by atoms with Gasteiger partial charge in [-0.2, -0.15) is 0 Å². The van der Waals surface area contributed by atoms with Gasteiger partial charge in [-0.05, 0) is 30.9 Å². The first-order valence-corrected chi connectivity index (χ1v) is 10.6. The van der Waals surface area contributed by atoms with Crippen molar-refractivity contribution in [2.24, 2.45) is 0 Å². The molecule has 0 aliphatic rings. The molecular weight excluding hydrogens is 374 g/mol. The highest BCUT2D eigenvalue weighted by molar-refractivity contribution is 5.25. The third-order valence-electron chi connectivity index (χ3n) is 5.06. The summed E-state index contributed by atoms with van der Waals surface area (Å²) in [7, 11) is 6.10. The van der Waals surface area contributed by atoms with Gasteiger partial charge in [0, 0.05) is 0 Å². The number of quaternary nitrogens is 1. The van der Waals surface area contributed by atoms with Gasteiger partial charge in [0.1, 0.15) is 21.3 Å². The first-order chi connectivity index (χ1) is 13.0. The van der Waals surface area contributed by atoms with Crippen LogP contribution in [0.2, 0.25) is 0 Å². The van der Waals surface area contributed by atoms with E-state index in [0.29, 0.717) is 0 Å². The van der Waals surface area contributed by atoms with Crippen molar-refractivity contribution in [1.82, 2.24) is 0 Å². The van der Waals surface area contributed by atoms with Crippen molar-refractivity contribution in [2.45, 2.75) is 84.5 Å². The molecule has 1 aromatic rings. The van der Waals surface area contributed by atoms with Gasteiger partial charge in [0.2, 0.25) is 0 Å². The average Bonchev–Trinajstić information content (AvgIpc) is 2.70. The van der Waals surface area contributed by atoms with Crippen LogP contribution in [0, 0.1) is 6.92 Å². The van der Waals surface area contributed by atoms with Crippen LogP contribution in [0.4, 0.5) is 0 Å². The molecule has 0 saturated heterocycles. The highest BCUT2D eigenvalue weighted by Crippen LogP contribution is 2.14. The topological polar surface area (TPSA) is 27.7 Å². The molecule has 5 heteroatoms. The molecule has 0 aliphatic carbocycles. The van der Waals surface area contributed by atoms with Crippen molar-refractivity contribution in [3.63, 3.8) is 0 Å². The Morgan fingerprint density at radius 1 is 0.714 bits per heavy atom. The maximum atomic E-state index is 4.73. The number of aryl methyl sites for hydroxylation is 2. The SMILES string of the molecule is CCCCCCCCCCCCc1ccccc1C.CO[N+](C)(OC)OC.[Cl-]. The van der Waals surface area contributed by atoms with Crippen molar-refractivity contribution in [3.8, 4) is 0 Å². The van der Waals surface area contributed by atoms with Crippen LogP contribution in [0.5, 0.6) is 0 Å². The van der Waals surface area contributed by atoms with Crippen LogP contribution in [0.15, 0.2) is 24.3 Å². The second-order valence-electron chi connectivity index (χ2n) is 7.18. The summed E-state index contributed by atoms with van der Waals surface area (Å²) < 4.78 is 0.